The molecule has 0 aliphatic rings. The Morgan fingerprint density at radius 2 is 1.90 bits per heavy atom. The highest BCUT2D eigenvalue weighted by atomic mass is 16.5. The van der Waals surface area contributed by atoms with Gasteiger partial charge in [0, 0.05) is 24.2 Å². The number of pyridine rings is 1. The molecule has 2 unspecified atom stereocenters. The van der Waals surface area contributed by atoms with Crippen molar-refractivity contribution in [3.05, 3.63) is 99.9 Å². The van der Waals surface area contributed by atoms with Crippen LogP contribution in [0.2, 0.25) is 0 Å². The van der Waals surface area contributed by atoms with Crippen molar-refractivity contribution in [2.45, 2.75) is 32.3 Å². The van der Waals surface area contributed by atoms with Crippen molar-refractivity contribution in [3.8, 4) is 17.3 Å². The van der Waals surface area contributed by atoms with Gasteiger partial charge in [-0.25, -0.2) is 9.78 Å². The zero-order valence-corrected chi connectivity index (χ0v) is 22.7. The van der Waals surface area contributed by atoms with E-state index in [4.69, 9.17) is 20.6 Å². The van der Waals surface area contributed by atoms with Crippen LogP contribution in [0.4, 0.5) is 0 Å². The van der Waals surface area contributed by atoms with Gasteiger partial charge in [-0.3, -0.25) is 10.4 Å². The van der Waals surface area contributed by atoms with E-state index in [9.17, 15) is 4.79 Å². The first-order valence-electron chi connectivity index (χ1n) is 12.9. The van der Waals surface area contributed by atoms with E-state index in [2.05, 4.69) is 20.0 Å². The number of rotatable bonds is 12. The minimum Gasteiger partial charge on any atom is -0.490 e. The van der Waals surface area contributed by atoms with E-state index in [1.54, 1.807) is 18.3 Å². The molecule has 0 saturated heterocycles. The van der Waals surface area contributed by atoms with Gasteiger partial charge in [-0.05, 0) is 69.8 Å². The Kier molecular flexibility index (Phi) is 8.77. The normalized spacial score (nSPS) is 12.7. The fourth-order valence-electron chi connectivity index (χ4n) is 4.44. The summed E-state index contributed by atoms with van der Waals surface area (Å²) < 4.78 is 13.4. The van der Waals surface area contributed by atoms with Crippen molar-refractivity contribution >= 4 is 5.84 Å². The van der Waals surface area contributed by atoms with Crippen LogP contribution in [0.1, 0.15) is 42.3 Å². The second-order valence-electron chi connectivity index (χ2n) is 9.61. The molecular weight excluding hydrogens is 494 g/mol. The fraction of sp³-hybridized carbons (Fsp3) is 0.310. The van der Waals surface area contributed by atoms with Crippen LogP contribution >= 0.6 is 0 Å². The first kappa shape index (κ1) is 27.6. The van der Waals surface area contributed by atoms with Crippen LogP contribution in [0.5, 0.6) is 11.5 Å². The average Bonchev–Trinajstić information content (AvgIpc) is 3.30. The summed E-state index contributed by atoms with van der Waals surface area (Å²) in [5, 5.41) is 12.3. The van der Waals surface area contributed by atoms with Gasteiger partial charge in [0.05, 0.1) is 6.61 Å². The Bertz CT molecular complexity index is 1450. The number of nitrogens with one attached hydrogen (secondary N) is 2. The third-order valence-corrected chi connectivity index (χ3v) is 6.16. The minimum absolute atomic E-state index is 0.0111. The molecule has 0 fully saturated rings. The van der Waals surface area contributed by atoms with Crippen LogP contribution in [0.15, 0.2) is 71.7 Å². The lowest BCUT2D eigenvalue weighted by molar-refractivity contribution is 0.168. The first-order chi connectivity index (χ1) is 18.7. The molecule has 0 bridgehead atoms. The van der Waals surface area contributed by atoms with Crippen molar-refractivity contribution < 1.29 is 9.47 Å². The van der Waals surface area contributed by atoms with E-state index in [0.717, 1.165) is 17.7 Å². The van der Waals surface area contributed by atoms with E-state index in [0.29, 0.717) is 41.7 Å². The lowest BCUT2D eigenvalue weighted by Gasteiger charge is -2.22. The molecule has 0 aliphatic carbocycles. The SMILES string of the molecule is CCOc1cc(C(Cc2ccc(C(=N)N)cc2)c2nn(-c3ccccn3)c(=O)[nH]2)ccc1OC(C)CN(C)C. The summed E-state index contributed by atoms with van der Waals surface area (Å²) in [5.41, 5.74) is 7.82. The summed E-state index contributed by atoms with van der Waals surface area (Å²) in [6, 6.07) is 18.7. The number of nitrogen functional groups attached to an aromatic ring is 1. The summed E-state index contributed by atoms with van der Waals surface area (Å²) >= 11 is 0. The molecule has 0 radical (unpaired) electrons. The summed E-state index contributed by atoms with van der Waals surface area (Å²) in [5.74, 6) is 1.92. The molecule has 0 amide bonds. The van der Waals surface area contributed by atoms with Crippen LogP contribution in [0, 0.1) is 5.41 Å². The topological polar surface area (TPSA) is 135 Å². The molecule has 2 heterocycles. The molecule has 4 rings (SSSR count). The maximum absolute atomic E-state index is 12.9. The zero-order chi connectivity index (χ0) is 27.9. The van der Waals surface area contributed by atoms with E-state index < -0.39 is 0 Å². The number of benzene rings is 2. The molecule has 0 saturated carbocycles. The van der Waals surface area contributed by atoms with E-state index in [1.807, 2.05) is 76.5 Å². The highest BCUT2D eigenvalue weighted by molar-refractivity contribution is 5.94. The smallest absolute Gasteiger partial charge is 0.349 e. The number of likely N-dealkylation sites (N-methyl/N-ethyl adjacent to an activating group) is 1. The molecule has 2 aromatic carbocycles. The van der Waals surface area contributed by atoms with Crippen LogP contribution in [0.25, 0.3) is 5.82 Å². The largest absolute Gasteiger partial charge is 0.490 e. The molecule has 4 aromatic rings. The number of nitrogens with zero attached hydrogens (tertiary/aromatic N) is 4. The van der Waals surface area contributed by atoms with Crippen LogP contribution in [0.3, 0.4) is 0 Å². The molecule has 39 heavy (non-hydrogen) atoms. The molecule has 4 N–H and O–H groups in total. The van der Waals surface area contributed by atoms with Crippen molar-refractivity contribution in [3.63, 3.8) is 0 Å². The molecule has 0 spiro atoms. The Morgan fingerprint density at radius 3 is 2.54 bits per heavy atom. The molecule has 2 aromatic heterocycles. The van der Waals surface area contributed by atoms with Crippen LogP contribution in [-0.4, -0.2) is 63.8 Å². The second-order valence-corrected chi connectivity index (χ2v) is 9.61. The van der Waals surface area contributed by atoms with E-state index in [-0.39, 0.29) is 23.5 Å². The predicted octanol–water partition coefficient (Wildman–Crippen LogP) is 3.34. The van der Waals surface area contributed by atoms with Crippen LogP contribution < -0.4 is 20.9 Å². The van der Waals surface area contributed by atoms with Gasteiger partial charge < -0.3 is 20.1 Å². The number of aromatic amines is 1. The summed E-state index contributed by atoms with van der Waals surface area (Å²) in [4.78, 5) is 22.2. The summed E-state index contributed by atoms with van der Waals surface area (Å²) in [6.45, 7) is 5.19. The minimum atomic E-state index is -0.372. The van der Waals surface area contributed by atoms with E-state index in [1.165, 1.54) is 4.68 Å². The third-order valence-electron chi connectivity index (χ3n) is 6.16. The monoisotopic (exact) mass is 529 g/mol. The molecule has 10 nitrogen and oxygen atoms in total. The summed E-state index contributed by atoms with van der Waals surface area (Å²) in [6.07, 6.45) is 2.12. The Labute approximate surface area is 227 Å². The van der Waals surface area contributed by atoms with Crippen molar-refractivity contribution in [2.24, 2.45) is 5.73 Å². The first-order valence-corrected chi connectivity index (χ1v) is 12.9. The number of amidine groups is 1. The van der Waals surface area contributed by atoms with Gasteiger partial charge >= 0.3 is 5.69 Å². The van der Waals surface area contributed by atoms with Gasteiger partial charge in [-0.15, -0.1) is 5.10 Å². The Morgan fingerprint density at radius 1 is 1.13 bits per heavy atom. The van der Waals surface area contributed by atoms with Gasteiger partial charge in [-0.1, -0.05) is 36.4 Å². The fourth-order valence-corrected chi connectivity index (χ4v) is 4.44. The van der Waals surface area contributed by atoms with Gasteiger partial charge in [0.15, 0.2) is 17.3 Å². The number of H-pyrrole nitrogens is 1. The average molecular weight is 530 g/mol. The highest BCUT2D eigenvalue weighted by Gasteiger charge is 2.23. The van der Waals surface area contributed by atoms with Crippen molar-refractivity contribution in [1.29, 1.82) is 5.41 Å². The lowest BCUT2D eigenvalue weighted by atomic mass is 9.90. The van der Waals surface area contributed by atoms with Gasteiger partial charge in [0.2, 0.25) is 0 Å². The van der Waals surface area contributed by atoms with Crippen molar-refractivity contribution in [2.75, 3.05) is 27.2 Å². The van der Waals surface area contributed by atoms with Crippen LogP contribution in [-0.2, 0) is 6.42 Å². The molecule has 0 aliphatic heterocycles. The number of aromatic nitrogens is 4. The highest BCUT2D eigenvalue weighted by Crippen LogP contribution is 2.35. The number of hydrogen-bond donors (Lipinski definition) is 3. The zero-order valence-electron chi connectivity index (χ0n) is 22.7. The number of ether oxygens (including phenoxy) is 2. The number of hydrogen-bond acceptors (Lipinski definition) is 7. The third kappa shape index (κ3) is 6.91. The predicted molar refractivity (Wildman–Crippen MR) is 151 cm³/mol. The molecule has 10 heteroatoms. The lowest BCUT2D eigenvalue weighted by Crippen LogP contribution is -2.28. The number of nitrogens with two attached hydrogens (primary N) is 1. The Balaban J connectivity index is 1.75. The van der Waals surface area contributed by atoms with Gasteiger partial charge in [-0.2, -0.15) is 4.68 Å². The van der Waals surface area contributed by atoms with E-state index >= 15 is 0 Å². The van der Waals surface area contributed by atoms with Gasteiger partial charge in [0.1, 0.15) is 17.8 Å². The molecule has 204 valence electrons. The standard InChI is InChI=1S/C29H35N7O3/c1-5-38-25-17-22(13-14-24(25)39-19(2)18-35(3)4)23(16-20-9-11-21(12-10-20)27(30)31)28-33-29(37)36(34-28)26-8-6-7-15-32-26/h6-15,17,19,23H,5,16,18H2,1-4H3,(H3,30,31)(H,33,34,37). The van der Waals surface area contributed by atoms with Gasteiger partial charge in [0.25, 0.3) is 0 Å². The Hall–Kier alpha value is -4.44. The summed E-state index contributed by atoms with van der Waals surface area (Å²) in [7, 11) is 4.01. The molecular formula is C29H35N7O3. The molecule has 2 atom stereocenters. The quantitative estimate of drug-likeness (QED) is 0.189. The van der Waals surface area contributed by atoms with Crippen molar-refractivity contribution in [1.82, 2.24) is 24.6 Å². The maximum Gasteiger partial charge on any atom is 0.349 e. The maximum atomic E-state index is 12.9. The second kappa shape index (κ2) is 12.4.